The first kappa shape index (κ1) is 18.3. The average molecular weight is 332 g/mol. The number of rotatable bonds is 8. The average Bonchev–Trinajstić information content (AvgIpc) is 2.39. The predicted molar refractivity (Wildman–Crippen MR) is 88.0 cm³/mol. The van der Waals surface area contributed by atoms with Gasteiger partial charge in [0.2, 0.25) is 0 Å². The summed E-state index contributed by atoms with van der Waals surface area (Å²) in [6, 6.07) is 5.42. The molecular formula is C16H23Cl2NO2. The van der Waals surface area contributed by atoms with Gasteiger partial charge in [0.1, 0.15) is 0 Å². The van der Waals surface area contributed by atoms with Gasteiger partial charge in [-0.2, -0.15) is 0 Å². The summed E-state index contributed by atoms with van der Waals surface area (Å²) in [6.07, 6.45) is 2.90. The van der Waals surface area contributed by atoms with Crippen LogP contribution in [0, 0.1) is 11.8 Å². The maximum Gasteiger partial charge on any atom is 0.304 e. The molecule has 0 aliphatic rings. The second-order valence-corrected chi connectivity index (χ2v) is 6.68. The topological polar surface area (TPSA) is 63.3 Å². The van der Waals surface area contributed by atoms with Gasteiger partial charge in [-0.05, 0) is 48.8 Å². The van der Waals surface area contributed by atoms with Crippen molar-refractivity contribution in [3.63, 3.8) is 0 Å². The van der Waals surface area contributed by atoms with Crippen LogP contribution in [0.3, 0.4) is 0 Å². The van der Waals surface area contributed by atoms with Gasteiger partial charge in [0.25, 0.3) is 0 Å². The van der Waals surface area contributed by atoms with Gasteiger partial charge < -0.3 is 10.8 Å². The zero-order chi connectivity index (χ0) is 16.0. The molecule has 0 aromatic heterocycles. The van der Waals surface area contributed by atoms with Crippen molar-refractivity contribution in [2.45, 2.75) is 45.6 Å². The zero-order valence-electron chi connectivity index (χ0n) is 12.5. The molecule has 3 N–H and O–H groups in total. The predicted octanol–water partition coefficient (Wildman–Crippen LogP) is 4.39. The van der Waals surface area contributed by atoms with E-state index < -0.39 is 5.97 Å². The SMILES string of the molecule is CC(CCc1ccc(Cl)c(Cl)c1)CC(C)C(N)CC(=O)O. The van der Waals surface area contributed by atoms with Crippen molar-refractivity contribution in [1.29, 1.82) is 0 Å². The summed E-state index contributed by atoms with van der Waals surface area (Å²) in [5.41, 5.74) is 7.06. The van der Waals surface area contributed by atoms with E-state index in [-0.39, 0.29) is 18.4 Å². The third kappa shape index (κ3) is 6.68. The molecule has 1 rings (SSSR count). The quantitative estimate of drug-likeness (QED) is 0.742. The highest BCUT2D eigenvalue weighted by atomic mass is 35.5. The lowest BCUT2D eigenvalue weighted by Crippen LogP contribution is -2.31. The number of halogens is 2. The molecule has 0 fully saturated rings. The molecule has 0 saturated carbocycles. The Labute approximate surface area is 136 Å². The third-order valence-corrected chi connectivity index (χ3v) is 4.56. The molecule has 3 nitrogen and oxygen atoms in total. The third-order valence-electron chi connectivity index (χ3n) is 3.83. The van der Waals surface area contributed by atoms with E-state index in [4.69, 9.17) is 34.0 Å². The van der Waals surface area contributed by atoms with Crippen molar-refractivity contribution in [1.82, 2.24) is 0 Å². The Hall–Kier alpha value is -0.770. The van der Waals surface area contributed by atoms with Gasteiger partial charge >= 0.3 is 5.97 Å². The summed E-state index contributed by atoms with van der Waals surface area (Å²) >= 11 is 11.9. The highest BCUT2D eigenvalue weighted by molar-refractivity contribution is 6.42. The Morgan fingerprint density at radius 2 is 1.95 bits per heavy atom. The first-order valence-corrected chi connectivity index (χ1v) is 7.96. The molecule has 118 valence electrons. The standard InChI is InChI=1S/C16H23Cl2NO2/c1-10(7-11(2)15(19)9-16(20)21)3-4-12-5-6-13(17)14(18)8-12/h5-6,8,10-11,15H,3-4,7,9,19H2,1-2H3,(H,20,21). The summed E-state index contributed by atoms with van der Waals surface area (Å²) in [7, 11) is 0. The van der Waals surface area contributed by atoms with Gasteiger partial charge in [-0.15, -0.1) is 0 Å². The van der Waals surface area contributed by atoms with Crippen molar-refractivity contribution in [3.8, 4) is 0 Å². The number of carboxylic acids is 1. The van der Waals surface area contributed by atoms with E-state index in [1.807, 2.05) is 25.1 Å². The van der Waals surface area contributed by atoms with Gasteiger partial charge in [0, 0.05) is 6.04 Å². The van der Waals surface area contributed by atoms with Gasteiger partial charge in [0.05, 0.1) is 16.5 Å². The number of benzene rings is 1. The van der Waals surface area contributed by atoms with E-state index in [2.05, 4.69) is 6.92 Å². The fourth-order valence-corrected chi connectivity index (χ4v) is 2.76. The van der Waals surface area contributed by atoms with Crippen molar-refractivity contribution >= 4 is 29.2 Å². The van der Waals surface area contributed by atoms with Crippen LogP contribution in [0.4, 0.5) is 0 Å². The van der Waals surface area contributed by atoms with Gasteiger partial charge in [-0.25, -0.2) is 0 Å². The molecule has 0 aliphatic carbocycles. The number of nitrogens with two attached hydrogens (primary N) is 1. The maximum atomic E-state index is 10.7. The van der Waals surface area contributed by atoms with Crippen molar-refractivity contribution in [2.24, 2.45) is 17.6 Å². The van der Waals surface area contributed by atoms with Crippen molar-refractivity contribution < 1.29 is 9.90 Å². The van der Waals surface area contributed by atoms with Crippen LogP contribution in [-0.2, 0) is 11.2 Å². The Morgan fingerprint density at radius 1 is 1.29 bits per heavy atom. The molecule has 5 heteroatoms. The summed E-state index contributed by atoms with van der Waals surface area (Å²) in [6.45, 7) is 4.19. The molecule has 0 heterocycles. The van der Waals surface area contributed by atoms with Gasteiger partial charge in [-0.1, -0.05) is 43.1 Å². The molecule has 3 atom stereocenters. The molecule has 0 bridgehead atoms. The summed E-state index contributed by atoms with van der Waals surface area (Å²) in [5.74, 6) is -0.156. The lowest BCUT2D eigenvalue weighted by atomic mass is 9.87. The Balaban J connectivity index is 2.41. The second-order valence-electron chi connectivity index (χ2n) is 5.87. The number of carboxylic acid groups (broad SMARTS) is 1. The van der Waals surface area contributed by atoms with Crippen molar-refractivity contribution in [2.75, 3.05) is 0 Å². The molecule has 0 saturated heterocycles. The van der Waals surface area contributed by atoms with E-state index in [1.54, 1.807) is 0 Å². The molecule has 0 radical (unpaired) electrons. The molecule has 0 amide bonds. The minimum absolute atomic E-state index is 0.0285. The van der Waals surface area contributed by atoms with Crippen LogP contribution >= 0.6 is 23.2 Å². The largest absolute Gasteiger partial charge is 0.481 e. The summed E-state index contributed by atoms with van der Waals surface area (Å²) in [4.78, 5) is 10.7. The first-order valence-electron chi connectivity index (χ1n) is 7.21. The molecule has 21 heavy (non-hydrogen) atoms. The first-order chi connectivity index (χ1) is 9.79. The molecule has 0 aliphatic heterocycles. The van der Waals surface area contributed by atoms with Gasteiger partial charge in [-0.3, -0.25) is 4.79 Å². The normalized spacial score (nSPS) is 15.5. The monoisotopic (exact) mass is 331 g/mol. The minimum atomic E-state index is -0.835. The molecule has 3 unspecified atom stereocenters. The highest BCUT2D eigenvalue weighted by Gasteiger charge is 2.18. The van der Waals surface area contributed by atoms with Crippen LogP contribution in [0.2, 0.25) is 10.0 Å². The number of aliphatic carboxylic acids is 1. The second kappa shape index (κ2) is 8.62. The smallest absolute Gasteiger partial charge is 0.304 e. The van der Waals surface area contributed by atoms with E-state index in [1.165, 1.54) is 5.56 Å². The van der Waals surface area contributed by atoms with E-state index in [0.717, 1.165) is 19.3 Å². The molecule has 1 aromatic carbocycles. The number of hydrogen-bond donors (Lipinski definition) is 2. The Bertz CT molecular complexity index is 479. The van der Waals surface area contributed by atoms with Crippen LogP contribution in [0.1, 0.15) is 38.7 Å². The van der Waals surface area contributed by atoms with E-state index >= 15 is 0 Å². The number of aryl methyl sites for hydroxylation is 1. The van der Waals surface area contributed by atoms with E-state index in [0.29, 0.717) is 16.0 Å². The fourth-order valence-electron chi connectivity index (χ4n) is 2.44. The summed E-state index contributed by atoms with van der Waals surface area (Å²) in [5, 5.41) is 9.92. The summed E-state index contributed by atoms with van der Waals surface area (Å²) < 4.78 is 0. The van der Waals surface area contributed by atoms with E-state index in [9.17, 15) is 4.79 Å². The molecule has 0 spiro atoms. The van der Waals surface area contributed by atoms with Crippen LogP contribution in [-0.4, -0.2) is 17.1 Å². The maximum absolute atomic E-state index is 10.7. The highest BCUT2D eigenvalue weighted by Crippen LogP contribution is 2.25. The molecular weight excluding hydrogens is 309 g/mol. The minimum Gasteiger partial charge on any atom is -0.481 e. The Kier molecular flexibility index (Phi) is 7.50. The Morgan fingerprint density at radius 3 is 2.52 bits per heavy atom. The number of carbonyl (C=O) groups is 1. The van der Waals surface area contributed by atoms with Crippen molar-refractivity contribution in [3.05, 3.63) is 33.8 Å². The fraction of sp³-hybridized carbons (Fsp3) is 0.562. The molecule has 1 aromatic rings. The van der Waals surface area contributed by atoms with Gasteiger partial charge in [0.15, 0.2) is 0 Å². The lowest BCUT2D eigenvalue weighted by molar-refractivity contribution is -0.137. The van der Waals surface area contributed by atoms with Crippen LogP contribution in [0.25, 0.3) is 0 Å². The van der Waals surface area contributed by atoms with Crippen LogP contribution in [0.5, 0.6) is 0 Å². The zero-order valence-corrected chi connectivity index (χ0v) is 14.0. The number of hydrogen-bond acceptors (Lipinski definition) is 2. The van der Waals surface area contributed by atoms with Crippen LogP contribution in [0.15, 0.2) is 18.2 Å². The van der Waals surface area contributed by atoms with Crippen LogP contribution < -0.4 is 5.73 Å². The lowest BCUT2D eigenvalue weighted by Gasteiger charge is -2.22.